The molecule has 8 nitrogen and oxygen atoms in total. The van der Waals surface area contributed by atoms with E-state index in [9.17, 15) is 22.3 Å². The van der Waals surface area contributed by atoms with Gasteiger partial charge in [0.1, 0.15) is 17.1 Å². The number of pyridine rings is 1. The van der Waals surface area contributed by atoms with E-state index in [0.29, 0.717) is 0 Å². The number of hydrogen-bond donors (Lipinski definition) is 3. The Bertz CT molecular complexity index is 1110. The van der Waals surface area contributed by atoms with Crippen LogP contribution in [0.1, 0.15) is 17.4 Å². The second kappa shape index (κ2) is 6.93. The van der Waals surface area contributed by atoms with E-state index in [2.05, 4.69) is 20.5 Å². The van der Waals surface area contributed by atoms with Crippen LogP contribution in [0.15, 0.2) is 35.5 Å². The summed E-state index contributed by atoms with van der Waals surface area (Å²) in [7, 11) is -3.50. The molecule has 0 saturated heterocycles. The fourth-order valence-electron chi connectivity index (χ4n) is 2.42. The molecular weight excluding hydrogens is 380 g/mol. The van der Waals surface area contributed by atoms with E-state index in [0.717, 1.165) is 18.3 Å². The predicted octanol–water partition coefficient (Wildman–Crippen LogP) is 2.50. The van der Waals surface area contributed by atoms with Crippen LogP contribution in [0, 0.1) is 11.6 Å². The fraction of sp³-hybridized carbons (Fsp3) is 0.125. The zero-order valence-corrected chi connectivity index (χ0v) is 14.8. The summed E-state index contributed by atoms with van der Waals surface area (Å²) < 4.78 is 50.2. The van der Waals surface area contributed by atoms with Crippen molar-refractivity contribution in [1.29, 1.82) is 0 Å². The number of rotatable bonds is 5. The summed E-state index contributed by atoms with van der Waals surface area (Å²) in [6.07, 6.45) is 2.24. The van der Waals surface area contributed by atoms with Gasteiger partial charge < -0.3 is 11.1 Å². The van der Waals surface area contributed by atoms with Gasteiger partial charge in [-0.1, -0.05) is 4.21 Å². The van der Waals surface area contributed by atoms with Crippen LogP contribution in [-0.4, -0.2) is 31.4 Å². The smallest absolute Gasteiger partial charge is 0.271 e. The number of nitrogens with two attached hydrogens (primary N) is 1. The lowest BCUT2D eigenvalue weighted by atomic mass is 10.1. The molecular formula is C16H14F2N5O3S+. The maximum Gasteiger partial charge on any atom is 0.271 e. The molecule has 0 aliphatic heterocycles. The molecule has 0 aliphatic carbocycles. The van der Waals surface area contributed by atoms with Crippen LogP contribution in [-0.2, 0) is 14.4 Å². The molecule has 2 aromatic heterocycles. The Hall–Kier alpha value is -3.05. The molecule has 0 radical (unpaired) electrons. The van der Waals surface area contributed by atoms with E-state index < -0.39 is 27.8 Å². The summed E-state index contributed by atoms with van der Waals surface area (Å²) in [5, 5.41) is 9.97. The third kappa shape index (κ3) is 3.59. The number of nitrogens with one attached hydrogen (secondary N) is 1. The van der Waals surface area contributed by atoms with E-state index in [-0.39, 0.29) is 38.6 Å². The Morgan fingerprint density at radius 3 is 2.63 bits per heavy atom. The topological polar surface area (TPSA) is 131 Å². The highest BCUT2D eigenvalue weighted by Gasteiger charge is 2.29. The molecule has 0 bridgehead atoms. The molecule has 140 valence electrons. The number of fused-ring (bicyclic) bond motifs is 1. The van der Waals surface area contributed by atoms with Crippen molar-refractivity contribution in [1.82, 2.24) is 15.2 Å². The fourth-order valence-corrected chi connectivity index (χ4v) is 3.34. The van der Waals surface area contributed by atoms with Crippen molar-refractivity contribution in [2.75, 3.05) is 11.1 Å². The van der Waals surface area contributed by atoms with Crippen molar-refractivity contribution in [3.05, 3.63) is 47.9 Å². The molecule has 1 atom stereocenters. The first kappa shape index (κ1) is 18.7. The van der Waals surface area contributed by atoms with Crippen molar-refractivity contribution in [2.24, 2.45) is 5.73 Å². The van der Waals surface area contributed by atoms with E-state index in [4.69, 9.17) is 5.73 Å². The number of amides is 1. The highest BCUT2D eigenvalue weighted by Crippen LogP contribution is 2.32. The first-order chi connectivity index (χ1) is 12.7. The number of halogens is 2. The van der Waals surface area contributed by atoms with E-state index in [1.165, 1.54) is 19.2 Å². The highest BCUT2D eigenvalue weighted by molar-refractivity contribution is 7.97. The number of carbonyl (C=O) groups excluding carboxylic acids is 1. The SMILES string of the molecule is CC[S+](=O)(O)c1cc(F)c2nnc(C(N)=O)c(Nc3cncc(F)c3)c2c1. The van der Waals surface area contributed by atoms with Crippen LogP contribution in [0.3, 0.4) is 0 Å². The number of benzene rings is 1. The van der Waals surface area contributed by atoms with Gasteiger partial charge in [-0.2, -0.15) is 4.55 Å². The molecule has 1 amide bonds. The number of primary amides is 1. The molecule has 11 heteroatoms. The van der Waals surface area contributed by atoms with Gasteiger partial charge in [-0.15, -0.1) is 10.2 Å². The maximum absolute atomic E-state index is 14.5. The normalized spacial score (nSPS) is 13.3. The Labute approximate surface area is 153 Å². The van der Waals surface area contributed by atoms with Crippen molar-refractivity contribution in [2.45, 2.75) is 11.8 Å². The van der Waals surface area contributed by atoms with Crippen molar-refractivity contribution in [3.63, 3.8) is 0 Å². The third-order valence-electron chi connectivity index (χ3n) is 3.76. The minimum atomic E-state index is -3.50. The van der Waals surface area contributed by atoms with Crippen molar-refractivity contribution >= 4 is 38.4 Å². The Morgan fingerprint density at radius 1 is 1.26 bits per heavy atom. The molecule has 0 saturated carbocycles. The van der Waals surface area contributed by atoms with E-state index >= 15 is 0 Å². The first-order valence-corrected chi connectivity index (χ1v) is 9.33. The van der Waals surface area contributed by atoms with Gasteiger partial charge in [0.05, 0.1) is 23.8 Å². The first-order valence-electron chi connectivity index (χ1n) is 7.64. The maximum atomic E-state index is 14.5. The van der Waals surface area contributed by atoms with Gasteiger partial charge in [0, 0.05) is 23.6 Å². The quantitative estimate of drug-likeness (QED) is 0.567. The second-order valence-electron chi connectivity index (χ2n) is 5.54. The van der Waals surface area contributed by atoms with Crippen LogP contribution in [0.2, 0.25) is 0 Å². The number of carbonyl (C=O) groups is 1. The van der Waals surface area contributed by atoms with E-state index in [1.54, 1.807) is 0 Å². The summed E-state index contributed by atoms with van der Waals surface area (Å²) in [5.41, 5.74) is 4.77. The lowest BCUT2D eigenvalue weighted by Gasteiger charge is -2.13. The zero-order chi connectivity index (χ0) is 19.8. The molecule has 0 aliphatic rings. The summed E-state index contributed by atoms with van der Waals surface area (Å²) in [5.74, 6) is -2.66. The van der Waals surface area contributed by atoms with Gasteiger partial charge in [-0.25, -0.2) is 8.78 Å². The number of nitrogens with zero attached hydrogens (tertiary/aromatic N) is 3. The zero-order valence-electron chi connectivity index (χ0n) is 13.9. The van der Waals surface area contributed by atoms with Gasteiger partial charge in [0.25, 0.3) is 5.91 Å². The van der Waals surface area contributed by atoms with Crippen LogP contribution < -0.4 is 11.1 Å². The number of anilines is 2. The van der Waals surface area contributed by atoms with Gasteiger partial charge in [-0.3, -0.25) is 9.78 Å². The molecule has 2 heterocycles. The minimum absolute atomic E-state index is 0.00622. The lowest BCUT2D eigenvalue weighted by Crippen LogP contribution is -2.18. The molecule has 3 rings (SSSR count). The Morgan fingerprint density at radius 2 is 2.00 bits per heavy atom. The molecule has 0 spiro atoms. The molecule has 1 unspecified atom stereocenters. The molecule has 4 N–H and O–H groups in total. The highest BCUT2D eigenvalue weighted by atomic mass is 32.3. The minimum Gasteiger partial charge on any atom is -0.364 e. The summed E-state index contributed by atoms with van der Waals surface area (Å²) in [6.45, 7) is 1.47. The lowest BCUT2D eigenvalue weighted by molar-refractivity contribution is 0.0995. The van der Waals surface area contributed by atoms with Gasteiger partial charge in [-0.05, 0) is 6.92 Å². The summed E-state index contributed by atoms with van der Waals surface area (Å²) in [4.78, 5) is 15.2. The second-order valence-corrected chi connectivity index (χ2v) is 7.86. The monoisotopic (exact) mass is 394 g/mol. The number of aromatic nitrogens is 3. The molecule has 0 fully saturated rings. The summed E-state index contributed by atoms with van der Waals surface area (Å²) >= 11 is 0. The predicted molar refractivity (Wildman–Crippen MR) is 95.0 cm³/mol. The summed E-state index contributed by atoms with van der Waals surface area (Å²) in [6, 6.07) is 3.20. The van der Waals surface area contributed by atoms with Crippen molar-refractivity contribution < 1.29 is 22.3 Å². The van der Waals surface area contributed by atoms with Crippen LogP contribution >= 0.6 is 0 Å². The van der Waals surface area contributed by atoms with Gasteiger partial charge >= 0.3 is 0 Å². The molecule has 3 aromatic rings. The Balaban J connectivity index is 2.31. The van der Waals surface area contributed by atoms with Crippen molar-refractivity contribution in [3.8, 4) is 0 Å². The molecule has 1 aromatic carbocycles. The van der Waals surface area contributed by atoms with Gasteiger partial charge in [0.2, 0.25) is 10.2 Å². The van der Waals surface area contributed by atoms with Crippen LogP contribution in [0.4, 0.5) is 20.2 Å². The molecule has 27 heavy (non-hydrogen) atoms. The number of hydrogen-bond acceptors (Lipinski definition) is 6. The Kier molecular flexibility index (Phi) is 4.81. The van der Waals surface area contributed by atoms with Crippen LogP contribution in [0.25, 0.3) is 10.9 Å². The largest absolute Gasteiger partial charge is 0.364 e. The van der Waals surface area contributed by atoms with Crippen LogP contribution in [0.5, 0.6) is 0 Å². The standard InChI is InChI=1S/C16H13F2N5O3S/c1-2-27(25,26)10-4-11-13(12(18)5-10)22-23-15(16(19)24)14(11)21-9-3-8(17)6-20-7-9/h3-7H,2H2,1H3,(H3-,19,21,22,24,25,26)/p+1. The average Bonchev–Trinajstić information content (AvgIpc) is 2.61. The van der Waals surface area contributed by atoms with E-state index in [1.807, 2.05) is 0 Å². The average molecular weight is 394 g/mol. The van der Waals surface area contributed by atoms with Gasteiger partial charge in [0.15, 0.2) is 16.4 Å². The third-order valence-corrected chi connectivity index (χ3v) is 5.52.